The Balaban J connectivity index is 1.83. The molecule has 0 spiro atoms. The standard InChI is InChI=1S/C23H18BrNO5S/c1-3-10-30-21-17(24)11-15(12-19(21)29-4-2)13-20-22(27)25(23(28)31-20)14-18(26)16-8-6-5-7-9-16/h1,5-9,11-13H,4,10,14H2,2H3/b20-13-. The van der Waals surface area contributed by atoms with Crippen LogP contribution in [0.1, 0.15) is 22.8 Å². The molecule has 6 nitrogen and oxygen atoms in total. The van der Waals surface area contributed by atoms with Gasteiger partial charge in [0.05, 0.1) is 22.5 Å². The fourth-order valence-corrected chi connectivity index (χ4v) is 4.25. The molecular formula is C23H18BrNO5S. The fraction of sp³-hybridized carbons (Fsp3) is 0.174. The molecule has 1 fully saturated rings. The number of benzene rings is 2. The predicted octanol–water partition coefficient (Wildman–Crippen LogP) is 4.78. The third-order valence-electron chi connectivity index (χ3n) is 4.20. The quantitative estimate of drug-likeness (QED) is 0.295. The van der Waals surface area contributed by atoms with Crippen molar-refractivity contribution in [3.63, 3.8) is 0 Å². The molecule has 1 aliphatic heterocycles. The summed E-state index contributed by atoms with van der Waals surface area (Å²) in [6.45, 7) is 2.01. The van der Waals surface area contributed by atoms with Crippen LogP contribution in [0.15, 0.2) is 51.8 Å². The molecule has 0 aliphatic carbocycles. The number of hydrogen-bond donors (Lipinski definition) is 0. The zero-order valence-corrected chi connectivity index (χ0v) is 19.0. The molecule has 0 unspecified atom stereocenters. The lowest BCUT2D eigenvalue weighted by Crippen LogP contribution is -2.33. The Hall–Kier alpha value is -3.02. The number of halogens is 1. The normalized spacial score (nSPS) is 14.6. The number of hydrogen-bond acceptors (Lipinski definition) is 6. The highest BCUT2D eigenvalue weighted by Crippen LogP contribution is 2.39. The molecule has 0 bridgehead atoms. The number of amides is 2. The lowest BCUT2D eigenvalue weighted by molar-refractivity contribution is -0.122. The molecule has 8 heteroatoms. The molecule has 0 N–H and O–H groups in total. The minimum atomic E-state index is -0.513. The highest BCUT2D eigenvalue weighted by molar-refractivity contribution is 9.10. The van der Waals surface area contributed by atoms with Crippen molar-refractivity contribution in [1.82, 2.24) is 4.90 Å². The number of Topliss-reactive ketones (excluding diaryl/α,β-unsaturated/α-hetero) is 1. The molecule has 1 saturated heterocycles. The van der Waals surface area contributed by atoms with Crippen molar-refractivity contribution in [2.75, 3.05) is 19.8 Å². The maximum atomic E-state index is 12.8. The Morgan fingerprint density at radius 3 is 2.65 bits per heavy atom. The molecular weight excluding hydrogens is 482 g/mol. The van der Waals surface area contributed by atoms with Crippen LogP contribution < -0.4 is 9.47 Å². The first-order chi connectivity index (χ1) is 14.9. The maximum Gasteiger partial charge on any atom is 0.293 e. The van der Waals surface area contributed by atoms with E-state index in [1.165, 1.54) is 0 Å². The van der Waals surface area contributed by atoms with E-state index in [-0.39, 0.29) is 23.8 Å². The Morgan fingerprint density at radius 2 is 1.97 bits per heavy atom. The van der Waals surface area contributed by atoms with E-state index in [1.54, 1.807) is 48.5 Å². The van der Waals surface area contributed by atoms with Gasteiger partial charge in [-0.1, -0.05) is 36.3 Å². The first kappa shape index (κ1) is 22.7. The summed E-state index contributed by atoms with van der Waals surface area (Å²) >= 11 is 4.22. The highest BCUT2D eigenvalue weighted by atomic mass is 79.9. The van der Waals surface area contributed by atoms with Crippen LogP contribution in [0.25, 0.3) is 6.08 Å². The molecule has 3 rings (SSSR count). The van der Waals surface area contributed by atoms with Gasteiger partial charge < -0.3 is 9.47 Å². The van der Waals surface area contributed by atoms with Crippen molar-refractivity contribution in [3.8, 4) is 23.8 Å². The van der Waals surface area contributed by atoms with Gasteiger partial charge in [0, 0.05) is 5.56 Å². The van der Waals surface area contributed by atoms with Gasteiger partial charge in [-0.2, -0.15) is 0 Å². The van der Waals surface area contributed by atoms with Crippen LogP contribution in [0.5, 0.6) is 11.5 Å². The molecule has 1 aliphatic rings. The summed E-state index contributed by atoms with van der Waals surface area (Å²) in [4.78, 5) is 38.7. The van der Waals surface area contributed by atoms with Crippen LogP contribution >= 0.6 is 27.7 Å². The van der Waals surface area contributed by atoms with E-state index in [0.717, 1.165) is 16.7 Å². The zero-order valence-electron chi connectivity index (χ0n) is 16.6. The van der Waals surface area contributed by atoms with Gasteiger partial charge in [0.2, 0.25) is 0 Å². The third kappa shape index (κ3) is 5.37. The summed E-state index contributed by atoms with van der Waals surface area (Å²) in [6.07, 6.45) is 6.84. The molecule has 158 valence electrons. The van der Waals surface area contributed by atoms with Gasteiger partial charge in [0.1, 0.15) is 6.61 Å². The largest absolute Gasteiger partial charge is 0.490 e. The number of carbonyl (C=O) groups is 3. The number of thioether (sulfide) groups is 1. The first-order valence-corrected chi connectivity index (χ1v) is 10.9. The smallest absolute Gasteiger partial charge is 0.293 e. The number of ketones is 1. The minimum Gasteiger partial charge on any atom is -0.490 e. The predicted molar refractivity (Wildman–Crippen MR) is 123 cm³/mol. The number of carbonyl (C=O) groups excluding carboxylic acids is 3. The van der Waals surface area contributed by atoms with Crippen molar-refractivity contribution >= 4 is 50.7 Å². The second-order valence-electron chi connectivity index (χ2n) is 6.31. The van der Waals surface area contributed by atoms with Crippen molar-refractivity contribution in [1.29, 1.82) is 0 Å². The van der Waals surface area contributed by atoms with Crippen LogP contribution in [0.4, 0.5) is 4.79 Å². The molecule has 2 aromatic carbocycles. The van der Waals surface area contributed by atoms with Crippen LogP contribution in [-0.4, -0.2) is 41.6 Å². The summed E-state index contributed by atoms with van der Waals surface area (Å²) in [6, 6.07) is 12.0. The van der Waals surface area contributed by atoms with E-state index in [9.17, 15) is 14.4 Å². The molecule has 1 heterocycles. The number of imide groups is 1. The van der Waals surface area contributed by atoms with Gasteiger partial charge in [-0.15, -0.1) is 6.42 Å². The molecule has 31 heavy (non-hydrogen) atoms. The minimum absolute atomic E-state index is 0.0757. The summed E-state index contributed by atoms with van der Waals surface area (Å²) < 4.78 is 11.8. The van der Waals surface area contributed by atoms with Gasteiger partial charge >= 0.3 is 0 Å². The van der Waals surface area contributed by atoms with E-state index in [2.05, 4.69) is 21.9 Å². The Bertz CT molecular complexity index is 1090. The van der Waals surface area contributed by atoms with Gasteiger partial charge in [-0.05, 0) is 58.4 Å². The van der Waals surface area contributed by atoms with Crippen LogP contribution in [-0.2, 0) is 4.79 Å². The Morgan fingerprint density at radius 1 is 1.23 bits per heavy atom. The zero-order chi connectivity index (χ0) is 22.4. The topological polar surface area (TPSA) is 72.9 Å². The fourth-order valence-electron chi connectivity index (χ4n) is 2.83. The van der Waals surface area contributed by atoms with Crippen molar-refractivity contribution in [3.05, 3.63) is 63.0 Å². The number of ether oxygens (including phenoxy) is 2. The Labute approximate surface area is 192 Å². The average Bonchev–Trinajstić information content (AvgIpc) is 3.01. The lowest BCUT2D eigenvalue weighted by atomic mass is 10.1. The van der Waals surface area contributed by atoms with Crippen molar-refractivity contribution in [2.24, 2.45) is 0 Å². The van der Waals surface area contributed by atoms with E-state index >= 15 is 0 Å². The number of terminal acetylenes is 1. The van der Waals surface area contributed by atoms with E-state index in [1.807, 2.05) is 6.92 Å². The molecule has 2 amide bonds. The first-order valence-electron chi connectivity index (χ1n) is 9.30. The number of nitrogens with zero attached hydrogens (tertiary/aromatic N) is 1. The monoisotopic (exact) mass is 499 g/mol. The van der Waals surface area contributed by atoms with E-state index in [0.29, 0.717) is 33.7 Å². The Kier molecular flexibility index (Phi) is 7.55. The number of rotatable bonds is 8. The molecule has 0 saturated carbocycles. The van der Waals surface area contributed by atoms with Crippen LogP contribution in [0.2, 0.25) is 0 Å². The van der Waals surface area contributed by atoms with Crippen molar-refractivity contribution < 1.29 is 23.9 Å². The van der Waals surface area contributed by atoms with E-state index in [4.69, 9.17) is 15.9 Å². The van der Waals surface area contributed by atoms with Gasteiger partial charge in [0.25, 0.3) is 11.1 Å². The second-order valence-corrected chi connectivity index (χ2v) is 8.16. The third-order valence-corrected chi connectivity index (χ3v) is 5.70. The van der Waals surface area contributed by atoms with Crippen molar-refractivity contribution in [2.45, 2.75) is 6.92 Å². The molecule has 0 radical (unpaired) electrons. The SMILES string of the molecule is C#CCOc1c(Br)cc(/C=C2\SC(=O)N(CC(=O)c3ccccc3)C2=O)cc1OCC. The van der Waals surface area contributed by atoms with Gasteiger partial charge in [-0.3, -0.25) is 19.3 Å². The van der Waals surface area contributed by atoms with Gasteiger partial charge in [-0.25, -0.2) is 0 Å². The lowest BCUT2D eigenvalue weighted by Gasteiger charge is -2.13. The maximum absolute atomic E-state index is 12.8. The van der Waals surface area contributed by atoms with Gasteiger partial charge in [0.15, 0.2) is 17.3 Å². The molecule has 2 aromatic rings. The van der Waals surface area contributed by atoms with Crippen LogP contribution in [0.3, 0.4) is 0 Å². The average molecular weight is 500 g/mol. The highest BCUT2D eigenvalue weighted by Gasteiger charge is 2.36. The summed E-state index contributed by atoms with van der Waals surface area (Å²) in [7, 11) is 0. The van der Waals surface area contributed by atoms with Crippen LogP contribution in [0, 0.1) is 12.3 Å². The summed E-state index contributed by atoms with van der Waals surface area (Å²) in [5.41, 5.74) is 1.07. The summed E-state index contributed by atoms with van der Waals surface area (Å²) in [5.74, 6) is 2.49. The van der Waals surface area contributed by atoms with E-state index < -0.39 is 11.1 Å². The molecule has 0 atom stereocenters. The summed E-state index contributed by atoms with van der Waals surface area (Å²) in [5, 5.41) is -0.487. The molecule has 0 aromatic heterocycles. The second kappa shape index (κ2) is 10.3.